The summed E-state index contributed by atoms with van der Waals surface area (Å²) in [5.41, 5.74) is 5.58. The summed E-state index contributed by atoms with van der Waals surface area (Å²) in [6.45, 7) is 0. The fourth-order valence-corrected chi connectivity index (χ4v) is 5.30. The molecule has 0 unspecified atom stereocenters. The number of phenols is 1. The van der Waals surface area contributed by atoms with Crippen LogP contribution in [-0.4, -0.2) is 32.0 Å². The van der Waals surface area contributed by atoms with Gasteiger partial charge in [0.1, 0.15) is 4.90 Å². The first-order valence-corrected chi connectivity index (χ1v) is 8.35. The molecule has 1 aliphatic rings. The number of hydrogen-bond acceptors (Lipinski definition) is 5. The lowest BCUT2D eigenvalue weighted by Crippen LogP contribution is -2.38. The van der Waals surface area contributed by atoms with Gasteiger partial charge in [-0.3, -0.25) is 0 Å². The van der Waals surface area contributed by atoms with Crippen molar-refractivity contribution in [1.82, 2.24) is 0 Å². The molecular weight excluding hydrogens is 302 g/mol. The number of sulfone groups is 1. The fraction of sp³-hybridized carbons (Fsp3) is 0.538. The van der Waals surface area contributed by atoms with Crippen molar-refractivity contribution in [2.45, 2.75) is 41.9 Å². The Balaban J connectivity index is 2.52. The number of aromatic hydroxyl groups is 1. The minimum Gasteiger partial charge on any atom is -0.504 e. The van der Waals surface area contributed by atoms with Gasteiger partial charge in [0.2, 0.25) is 0 Å². The third-order valence-corrected chi connectivity index (χ3v) is 6.49. The van der Waals surface area contributed by atoms with Gasteiger partial charge in [-0.15, -0.1) is 0 Å². The van der Waals surface area contributed by atoms with E-state index in [0.717, 1.165) is 12.8 Å². The van der Waals surface area contributed by atoms with Gasteiger partial charge in [-0.1, -0.05) is 24.4 Å². The Bertz CT molecular complexity index is 603. The van der Waals surface area contributed by atoms with Crippen LogP contribution in [0.15, 0.2) is 17.0 Å². The standard InChI is InChI=1S/C13H18ClNO4S/c1-19-10-4-2-3-5-11(10)20(17,18)13-8(14)6-7-9(15)12(13)16/h6-7,10-11,16H,2-5,15H2,1H3/t10-,11-/m0/s1. The van der Waals surface area contributed by atoms with Gasteiger partial charge >= 0.3 is 0 Å². The van der Waals surface area contributed by atoms with E-state index in [0.29, 0.717) is 12.8 Å². The highest BCUT2D eigenvalue weighted by atomic mass is 35.5. The number of methoxy groups -OCH3 is 1. The van der Waals surface area contributed by atoms with Crippen LogP contribution in [0.5, 0.6) is 5.75 Å². The molecule has 1 aromatic rings. The van der Waals surface area contributed by atoms with Crippen molar-refractivity contribution >= 4 is 27.1 Å². The summed E-state index contributed by atoms with van der Waals surface area (Å²) in [7, 11) is -2.29. The fourth-order valence-electron chi connectivity index (χ4n) is 2.67. The first kappa shape index (κ1) is 15.4. The summed E-state index contributed by atoms with van der Waals surface area (Å²) >= 11 is 5.96. The molecule has 0 spiro atoms. The first-order chi connectivity index (χ1) is 9.39. The van der Waals surface area contributed by atoms with Crippen molar-refractivity contribution < 1.29 is 18.3 Å². The van der Waals surface area contributed by atoms with Crippen LogP contribution in [0.3, 0.4) is 0 Å². The van der Waals surface area contributed by atoms with Gasteiger partial charge in [-0.25, -0.2) is 8.42 Å². The van der Waals surface area contributed by atoms with E-state index in [1.807, 2.05) is 0 Å². The van der Waals surface area contributed by atoms with Crippen LogP contribution in [0.1, 0.15) is 25.7 Å². The molecule has 0 aliphatic heterocycles. The second kappa shape index (κ2) is 5.79. The van der Waals surface area contributed by atoms with Crippen LogP contribution >= 0.6 is 11.6 Å². The van der Waals surface area contributed by atoms with E-state index in [9.17, 15) is 13.5 Å². The number of phenolic OH excluding ortho intramolecular Hbond substituents is 1. The van der Waals surface area contributed by atoms with Gasteiger partial charge in [-0.2, -0.15) is 0 Å². The molecule has 112 valence electrons. The van der Waals surface area contributed by atoms with Crippen molar-refractivity contribution in [2.24, 2.45) is 0 Å². The maximum Gasteiger partial charge on any atom is 0.188 e. The minimum absolute atomic E-state index is 0.00208. The number of hydrogen-bond donors (Lipinski definition) is 2. The van der Waals surface area contributed by atoms with Crippen LogP contribution in [0.2, 0.25) is 5.02 Å². The molecule has 2 atom stereocenters. The lowest BCUT2D eigenvalue weighted by atomic mass is 9.97. The Morgan fingerprint density at radius 2 is 2.00 bits per heavy atom. The number of anilines is 1. The van der Waals surface area contributed by atoms with Crippen molar-refractivity contribution in [3.63, 3.8) is 0 Å². The van der Waals surface area contributed by atoms with Gasteiger partial charge in [0.05, 0.1) is 22.1 Å². The molecule has 1 fully saturated rings. The molecule has 0 radical (unpaired) electrons. The van der Waals surface area contributed by atoms with E-state index in [-0.39, 0.29) is 21.7 Å². The summed E-state index contributed by atoms with van der Waals surface area (Å²) < 4.78 is 30.8. The highest BCUT2D eigenvalue weighted by Gasteiger charge is 2.39. The maximum atomic E-state index is 12.8. The highest BCUT2D eigenvalue weighted by Crippen LogP contribution is 2.40. The number of ether oxygens (including phenoxy) is 1. The van der Waals surface area contributed by atoms with E-state index >= 15 is 0 Å². The topological polar surface area (TPSA) is 89.6 Å². The molecule has 0 saturated heterocycles. The average molecular weight is 320 g/mol. The SMILES string of the molecule is CO[C@H]1CCCC[C@@H]1S(=O)(=O)c1c(Cl)ccc(N)c1O. The zero-order valence-corrected chi connectivity index (χ0v) is 12.7. The lowest BCUT2D eigenvalue weighted by molar-refractivity contribution is 0.0737. The molecule has 7 heteroatoms. The molecule has 0 bridgehead atoms. The number of benzene rings is 1. The third kappa shape index (κ3) is 2.60. The normalized spacial score (nSPS) is 23.7. The second-order valence-electron chi connectivity index (χ2n) is 4.96. The van der Waals surface area contributed by atoms with E-state index < -0.39 is 20.8 Å². The van der Waals surface area contributed by atoms with E-state index in [2.05, 4.69) is 0 Å². The van der Waals surface area contributed by atoms with E-state index in [1.165, 1.54) is 19.2 Å². The summed E-state index contributed by atoms with van der Waals surface area (Å²) in [5.74, 6) is -0.474. The Kier molecular flexibility index (Phi) is 4.46. The molecule has 20 heavy (non-hydrogen) atoms. The Labute approximate surface area is 123 Å². The van der Waals surface area contributed by atoms with Crippen LogP contribution < -0.4 is 5.73 Å². The molecule has 0 amide bonds. The van der Waals surface area contributed by atoms with Gasteiger partial charge in [-0.05, 0) is 25.0 Å². The Hall–Kier alpha value is -0.980. The second-order valence-corrected chi connectivity index (χ2v) is 7.47. The molecular formula is C13H18ClNO4S. The smallest absolute Gasteiger partial charge is 0.188 e. The quantitative estimate of drug-likeness (QED) is 0.659. The summed E-state index contributed by atoms with van der Waals surface area (Å²) in [6, 6.07) is 2.76. The Morgan fingerprint density at radius 3 is 2.65 bits per heavy atom. The van der Waals surface area contributed by atoms with Crippen LogP contribution in [-0.2, 0) is 14.6 Å². The van der Waals surface area contributed by atoms with Gasteiger partial charge in [0.25, 0.3) is 0 Å². The number of halogens is 1. The summed E-state index contributed by atoms with van der Waals surface area (Å²) in [6.07, 6.45) is 2.53. The first-order valence-electron chi connectivity index (χ1n) is 6.43. The molecule has 0 aromatic heterocycles. The zero-order valence-electron chi connectivity index (χ0n) is 11.2. The molecule has 1 aliphatic carbocycles. The summed E-state index contributed by atoms with van der Waals surface area (Å²) in [4.78, 5) is -0.284. The van der Waals surface area contributed by atoms with Crippen molar-refractivity contribution in [1.29, 1.82) is 0 Å². The predicted molar refractivity (Wildman–Crippen MR) is 77.8 cm³/mol. The number of nitrogen functional groups attached to an aromatic ring is 1. The van der Waals surface area contributed by atoms with Crippen LogP contribution in [0.4, 0.5) is 5.69 Å². The predicted octanol–water partition coefficient (Wildman–Crippen LogP) is 2.36. The van der Waals surface area contributed by atoms with Crippen LogP contribution in [0.25, 0.3) is 0 Å². The number of nitrogens with two attached hydrogens (primary N) is 1. The average Bonchev–Trinajstić information content (AvgIpc) is 2.43. The molecule has 5 nitrogen and oxygen atoms in total. The van der Waals surface area contributed by atoms with Gasteiger partial charge in [0.15, 0.2) is 15.6 Å². The molecule has 3 N–H and O–H groups in total. The highest BCUT2D eigenvalue weighted by molar-refractivity contribution is 7.92. The van der Waals surface area contributed by atoms with Crippen LogP contribution in [0, 0.1) is 0 Å². The molecule has 0 heterocycles. The summed E-state index contributed by atoms with van der Waals surface area (Å²) in [5, 5.41) is 9.26. The maximum absolute atomic E-state index is 12.8. The van der Waals surface area contributed by atoms with Crippen molar-refractivity contribution in [3.8, 4) is 5.75 Å². The van der Waals surface area contributed by atoms with Gasteiger partial charge < -0.3 is 15.6 Å². The van der Waals surface area contributed by atoms with Gasteiger partial charge in [0, 0.05) is 7.11 Å². The number of rotatable bonds is 3. The lowest BCUT2D eigenvalue weighted by Gasteiger charge is -2.30. The third-order valence-electron chi connectivity index (χ3n) is 3.74. The van der Waals surface area contributed by atoms with E-state index in [4.69, 9.17) is 22.1 Å². The van der Waals surface area contributed by atoms with Crippen molar-refractivity contribution in [2.75, 3.05) is 12.8 Å². The van der Waals surface area contributed by atoms with Crippen molar-refractivity contribution in [3.05, 3.63) is 17.2 Å². The molecule has 1 aromatic carbocycles. The zero-order chi connectivity index (χ0) is 14.9. The monoisotopic (exact) mass is 319 g/mol. The molecule has 2 rings (SSSR count). The Morgan fingerprint density at radius 1 is 1.35 bits per heavy atom. The largest absolute Gasteiger partial charge is 0.504 e. The minimum atomic E-state index is -3.79. The van der Waals surface area contributed by atoms with E-state index in [1.54, 1.807) is 0 Å². The molecule has 1 saturated carbocycles.